The quantitative estimate of drug-likeness (QED) is 0.612. The Kier molecular flexibility index (Phi) is 2.71. The van der Waals surface area contributed by atoms with Gasteiger partial charge in [0.2, 0.25) is 0 Å². The van der Waals surface area contributed by atoms with Crippen LogP contribution in [-0.4, -0.2) is 9.36 Å². The zero-order chi connectivity index (χ0) is 13.4. The second-order valence-corrected chi connectivity index (χ2v) is 4.74. The number of hydrogen-bond acceptors (Lipinski definition) is 0. The number of benzene rings is 1. The molecule has 3 aromatic rings. The Balaban J connectivity index is 2.21. The lowest BCUT2D eigenvalue weighted by atomic mass is 10.1. The lowest BCUT2D eigenvalue weighted by molar-refractivity contribution is -0.744. The third kappa shape index (κ3) is 1.85. The molecule has 0 saturated heterocycles. The molecule has 1 aromatic carbocycles. The van der Waals surface area contributed by atoms with E-state index in [4.69, 9.17) is 0 Å². The zero-order valence-electron chi connectivity index (χ0n) is 11.5. The number of aromatic nitrogens is 4. The molecule has 0 atom stereocenters. The molecule has 0 N–H and O–H groups in total. The number of aryl methyl sites for hydroxylation is 2. The lowest BCUT2D eigenvalue weighted by Crippen LogP contribution is -2.38. The largest absolute Gasteiger partial charge is 0.195 e. The van der Waals surface area contributed by atoms with Crippen LogP contribution >= 0.6 is 0 Å². The summed E-state index contributed by atoms with van der Waals surface area (Å²) >= 11 is 0. The van der Waals surface area contributed by atoms with Gasteiger partial charge in [0.25, 0.3) is 0 Å². The van der Waals surface area contributed by atoms with Crippen molar-refractivity contribution in [1.29, 1.82) is 0 Å². The normalized spacial score (nSPS) is 10.9. The maximum atomic E-state index is 2.16. The van der Waals surface area contributed by atoms with Gasteiger partial charge in [-0.05, 0) is 19.1 Å². The third-order valence-electron chi connectivity index (χ3n) is 3.51. The fraction of sp³-hybridized carbons (Fsp3) is 0.200. The van der Waals surface area contributed by atoms with E-state index < -0.39 is 0 Å². The van der Waals surface area contributed by atoms with Gasteiger partial charge >= 0.3 is 0 Å². The molecule has 4 heteroatoms. The first kappa shape index (κ1) is 11.7. The Morgan fingerprint density at radius 1 is 0.789 bits per heavy atom. The third-order valence-corrected chi connectivity index (χ3v) is 3.51. The van der Waals surface area contributed by atoms with Crippen molar-refractivity contribution in [3.05, 3.63) is 60.7 Å². The van der Waals surface area contributed by atoms with Gasteiger partial charge in [-0.1, -0.05) is 6.07 Å². The van der Waals surface area contributed by atoms with Crippen molar-refractivity contribution in [1.82, 2.24) is 9.36 Å². The first-order valence-electron chi connectivity index (χ1n) is 6.35. The minimum atomic E-state index is 1.19. The average Bonchev–Trinajstić information content (AvgIpc) is 2.99. The smallest absolute Gasteiger partial charge is 0.128 e. The molecule has 2 aromatic heterocycles. The van der Waals surface area contributed by atoms with Crippen LogP contribution in [0, 0.1) is 6.92 Å². The summed E-state index contributed by atoms with van der Waals surface area (Å²) in [6, 6.07) is 10.5. The summed E-state index contributed by atoms with van der Waals surface area (Å²) in [5.41, 5.74) is 3.64. The van der Waals surface area contributed by atoms with Gasteiger partial charge < -0.3 is 0 Å². The van der Waals surface area contributed by atoms with Crippen molar-refractivity contribution in [2.45, 2.75) is 6.92 Å². The van der Waals surface area contributed by atoms with Crippen LogP contribution in [0.5, 0.6) is 0 Å². The van der Waals surface area contributed by atoms with Crippen molar-refractivity contribution < 1.29 is 9.36 Å². The molecule has 96 valence electrons. The molecule has 0 aliphatic rings. The molecule has 0 aliphatic carbocycles. The van der Waals surface area contributed by atoms with Crippen LogP contribution in [0.3, 0.4) is 0 Å². The highest BCUT2D eigenvalue weighted by molar-refractivity contribution is 5.51. The molecule has 0 spiro atoms. The van der Waals surface area contributed by atoms with E-state index in [1.54, 1.807) is 0 Å². The summed E-state index contributed by atoms with van der Waals surface area (Å²) < 4.78 is 8.42. The number of rotatable bonds is 2. The van der Waals surface area contributed by atoms with E-state index in [1.165, 1.54) is 16.9 Å². The Bertz CT molecular complexity index is 663. The van der Waals surface area contributed by atoms with Crippen molar-refractivity contribution in [3.63, 3.8) is 0 Å². The van der Waals surface area contributed by atoms with Gasteiger partial charge in [-0.3, -0.25) is 0 Å². The fourth-order valence-electron chi connectivity index (χ4n) is 2.45. The van der Waals surface area contributed by atoms with Gasteiger partial charge in [0.05, 0.1) is 12.4 Å². The van der Waals surface area contributed by atoms with Crippen LogP contribution < -0.4 is 9.36 Å². The van der Waals surface area contributed by atoms with Crippen LogP contribution in [0.4, 0.5) is 0 Å². The van der Waals surface area contributed by atoms with Crippen LogP contribution in [0.15, 0.2) is 55.1 Å². The van der Waals surface area contributed by atoms with Crippen molar-refractivity contribution in [2.24, 2.45) is 14.1 Å². The Morgan fingerprint density at radius 2 is 1.26 bits per heavy atom. The zero-order valence-corrected chi connectivity index (χ0v) is 11.5. The summed E-state index contributed by atoms with van der Waals surface area (Å²) in [6.07, 6.45) is 8.23. The maximum absolute atomic E-state index is 2.16. The molecule has 2 heterocycles. The van der Waals surface area contributed by atoms with E-state index in [1.807, 2.05) is 38.6 Å². The van der Waals surface area contributed by atoms with E-state index in [0.717, 1.165) is 0 Å². The first-order chi connectivity index (χ1) is 9.18. The summed E-state index contributed by atoms with van der Waals surface area (Å²) in [7, 11) is 4.09. The summed E-state index contributed by atoms with van der Waals surface area (Å²) in [5.74, 6) is 0. The topological polar surface area (TPSA) is 17.6 Å². The standard InChI is InChI=1S/C15H18N4/c1-13-14(18-11-5-9-16(18)2)7-4-8-15(13)19-12-6-10-17(19)3/h4-12H,1-3H3/q+2. The lowest BCUT2D eigenvalue weighted by Gasteiger charge is -2.09. The predicted octanol–water partition coefficient (Wildman–Crippen LogP) is 1.23. The maximum Gasteiger partial charge on any atom is 0.195 e. The first-order valence-corrected chi connectivity index (χ1v) is 6.35. The SMILES string of the molecule is Cc1c(-n2ccc[n+]2C)cccc1-n1ccc[n+]1C. The van der Waals surface area contributed by atoms with Crippen molar-refractivity contribution in [3.8, 4) is 11.4 Å². The van der Waals surface area contributed by atoms with Gasteiger partial charge in [-0.25, -0.2) is 0 Å². The highest BCUT2D eigenvalue weighted by atomic mass is 15.4. The molecule has 0 bridgehead atoms. The van der Waals surface area contributed by atoms with Crippen molar-refractivity contribution >= 4 is 0 Å². The van der Waals surface area contributed by atoms with Crippen LogP contribution in [0.1, 0.15) is 5.56 Å². The minimum absolute atomic E-state index is 1.19. The minimum Gasteiger partial charge on any atom is -0.128 e. The molecule has 4 nitrogen and oxygen atoms in total. The summed E-state index contributed by atoms with van der Waals surface area (Å²) in [4.78, 5) is 0. The van der Waals surface area contributed by atoms with Crippen molar-refractivity contribution in [2.75, 3.05) is 0 Å². The molecule has 0 amide bonds. The van der Waals surface area contributed by atoms with Gasteiger partial charge in [0.15, 0.2) is 26.5 Å². The highest BCUT2D eigenvalue weighted by Crippen LogP contribution is 2.19. The van der Waals surface area contributed by atoms with Gasteiger partial charge in [0, 0.05) is 17.7 Å². The van der Waals surface area contributed by atoms with E-state index in [9.17, 15) is 0 Å². The monoisotopic (exact) mass is 254 g/mol. The number of nitrogens with zero attached hydrogens (tertiary/aromatic N) is 4. The van der Waals surface area contributed by atoms with E-state index in [2.05, 4.69) is 56.2 Å². The molecule has 0 radical (unpaired) electrons. The molecular formula is C15H18N4+2. The molecule has 0 saturated carbocycles. The van der Waals surface area contributed by atoms with Crippen LogP contribution in [0.25, 0.3) is 11.4 Å². The van der Waals surface area contributed by atoms with E-state index in [-0.39, 0.29) is 0 Å². The second-order valence-electron chi connectivity index (χ2n) is 4.74. The van der Waals surface area contributed by atoms with Gasteiger partial charge in [0.1, 0.15) is 11.4 Å². The summed E-state index contributed by atoms with van der Waals surface area (Å²) in [5, 5.41) is 0. The van der Waals surface area contributed by atoms with Gasteiger partial charge in [-0.15, -0.1) is 18.7 Å². The Morgan fingerprint density at radius 3 is 1.63 bits per heavy atom. The Labute approximate surface area is 112 Å². The molecule has 0 unspecified atom stereocenters. The fourth-order valence-corrected chi connectivity index (χ4v) is 2.45. The number of hydrogen-bond donors (Lipinski definition) is 0. The molecule has 0 aliphatic heterocycles. The predicted molar refractivity (Wildman–Crippen MR) is 72.2 cm³/mol. The highest BCUT2D eigenvalue weighted by Gasteiger charge is 2.15. The molecule has 19 heavy (non-hydrogen) atoms. The molecular weight excluding hydrogens is 236 g/mol. The van der Waals surface area contributed by atoms with Crippen LogP contribution in [0.2, 0.25) is 0 Å². The summed E-state index contributed by atoms with van der Waals surface area (Å²) in [6.45, 7) is 2.16. The Hall–Kier alpha value is -2.36. The van der Waals surface area contributed by atoms with Gasteiger partial charge in [-0.2, -0.15) is 0 Å². The van der Waals surface area contributed by atoms with E-state index >= 15 is 0 Å². The molecule has 3 rings (SSSR count). The van der Waals surface area contributed by atoms with Crippen LogP contribution in [-0.2, 0) is 14.1 Å². The van der Waals surface area contributed by atoms with E-state index in [0.29, 0.717) is 0 Å². The molecule has 0 fully saturated rings. The second kappa shape index (κ2) is 4.39. The average molecular weight is 254 g/mol.